The zero-order chi connectivity index (χ0) is 12.6. The van der Waals surface area contributed by atoms with E-state index in [1.54, 1.807) is 0 Å². The van der Waals surface area contributed by atoms with Gasteiger partial charge in [0.05, 0.1) is 24.9 Å². The molecule has 0 spiro atoms. The van der Waals surface area contributed by atoms with Gasteiger partial charge in [0.25, 0.3) is 0 Å². The van der Waals surface area contributed by atoms with Crippen LogP contribution in [-0.2, 0) is 0 Å². The minimum absolute atomic E-state index is 0.113. The molecule has 16 heavy (non-hydrogen) atoms. The maximum absolute atomic E-state index is 9.62. The molecule has 0 aliphatic heterocycles. The van der Waals surface area contributed by atoms with Crippen LogP contribution in [0, 0.1) is 0 Å². The second kappa shape index (κ2) is 8.70. The smallest absolute Gasteiger partial charge is 0.0984 e. The second-order valence-corrected chi connectivity index (χ2v) is 4.07. The van der Waals surface area contributed by atoms with Gasteiger partial charge in [-0.25, -0.2) is 0 Å². The highest BCUT2D eigenvalue weighted by molar-refractivity contribution is 5.06. The molecule has 0 aromatic rings. The zero-order valence-corrected chi connectivity index (χ0v) is 10.1. The molecule has 0 fully saturated rings. The van der Waals surface area contributed by atoms with Crippen LogP contribution in [0.4, 0.5) is 0 Å². The van der Waals surface area contributed by atoms with Crippen molar-refractivity contribution in [2.24, 2.45) is 0 Å². The Kier molecular flexibility index (Phi) is 8.47. The monoisotopic (exact) mass is 232 g/mol. The molecular formula is C12H24O4. The molecule has 0 heterocycles. The molecule has 3 unspecified atom stereocenters. The van der Waals surface area contributed by atoms with Crippen molar-refractivity contribution < 1.29 is 20.4 Å². The molecule has 0 saturated heterocycles. The van der Waals surface area contributed by atoms with Crippen LogP contribution in [0.15, 0.2) is 11.6 Å². The van der Waals surface area contributed by atoms with E-state index in [-0.39, 0.29) is 13.0 Å². The number of rotatable bonds is 8. The first-order valence-electron chi connectivity index (χ1n) is 5.89. The third kappa shape index (κ3) is 6.23. The third-order valence-corrected chi connectivity index (χ3v) is 2.59. The van der Waals surface area contributed by atoms with Crippen LogP contribution in [-0.4, -0.2) is 45.3 Å². The molecule has 0 saturated carbocycles. The summed E-state index contributed by atoms with van der Waals surface area (Å²) >= 11 is 0. The average molecular weight is 232 g/mol. The van der Waals surface area contributed by atoms with Gasteiger partial charge in [-0.15, -0.1) is 0 Å². The van der Waals surface area contributed by atoms with Crippen molar-refractivity contribution in [3.05, 3.63) is 11.6 Å². The Morgan fingerprint density at radius 1 is 1.19 bits per heavy atom. The van der Waals surface area contributed by atoms with Crippen LogP contribution >= 0.6 is 0 Å². The molecule has 96 valence electrons. The van der Waals surface area contributed by atoms with E-state index in [9.17, 15) is 15.3 Å². The van der Waals surface area contributed by atoms with Crippen molar-refractivity contribution >= 4 is 0 Å². The predicted octanol–water partition coefficient (Wildman–Crippen LogP) is 0.588. The van der Waals surface area contributed by atoms with Crippen molar-refractivity contribution in [3.8, 4) is 0 Å². The highest BCUT2D eigenvalue weighted by Crippen LogP contribution is 2.11. The second-order valence-electron chi connectivity index (χ2n) is 4.07. The molecule has 0 aromatic carbocycles. The lowest BCUT2D eigenvalue weighted by atomic mass is 10.0. The van der Waals surface area contributed by atoms with Gasteiger partial charge < -0.3 is 20.4 Å². The van der Waals surface area contributed by atoms with Crippen LogP contribution in [0.5, 0.6) is 0 Å². The molecule has 0 bridgehead atoms. The van der Waals surface area contributed by atoms with E-state index in [1.165, 1.54) is 6.08 Å². The standard InChI is InChI=1S/C12H24O4/c1-3-5-10(14)7-12(16)11(15)6-9(4-2)8-13/h6,10-16H,3-5,7-8H2,1-2H3. The number of hydrogen-bond acceptors (Lipinski definition) is 4. The molecule has 0 aliphatic carbocycles. The van der Waals surface area contributed by atoms with Crippen LogP contribution in [0.2, 0.25) is 0 Å². The maximum atomic E-state index is 9.62. The fraction of sp³-hybridized carbons (Fsp3) is 0.833. The first-order valence-corrected chi connectivity index (χ1v) is 5.89. The Morgan fingerprint density at radius 3 is 2.25 bits per heavy atom. The number of aliphatic hydroxyl groups excluding tert-OH is 4. The van der Waals surface area contributed by atoms with Gasteiger partial charge in [0, 0.05) is 6.42 Å². The Labute approximate surface area is 97.2 Å². The minimum atomic E-state index is -1.02. The van der Waals surface area contributed by atoms with E-state index in [0.717, 1.165) is 6.42 Å². The third-order valence-electron chi connectivity index (χ3n) is 2.59. The summed E-state index contributed by atoms with van der Waals surface area (Å²) in [4.78, 5) is 0. The minimum Gasteiger partial charge on any atom is -0.393 e. The maximum Gasteiger partial charge on any atom is 0.0984 e. The Morgan fingerprint density at radius 2 is 1.81 bits per heavy atom. The molecule has 0 amide bonds. The Balaban J connectivity index is 4.16. The molecule has 0 aliphatic rings. The molecule has 0 radical (unpaired) electrons. The lowest BCUT2D eigenvalue weighted by Crippen LogP contribution is -2.29. The summed E-state index contributed by atoms with van der Waals surface area (Å²) in [5.74, 6) is 0. The van der Waals surface area contributed by atoms with E-state index in [0.29, 0.717) is 18.4 Å². The van der Waals surface area contributed by atoms with Crippen LogP contribution in [0.1, 0.15) is 39.5 Å². The highest BCUT2D eigenvalue weighted by atomic mass is 16.3. The summed E-state index contributed by atoms with van der Waals surface area (Å²) in [6.07, 6.45) is 1.14. The summed E-state index contributed by atoms with van der Waals surface area (Å²) in [5, 5.41) is 37.6. The van der Waals surface area contributed by atoms with Crippen LogP contribution in [0.25, 0.3) is 0 Å². The summed E-state index contributed by atoms with van der Waals surface area (Å²) in [6, 6.07) is 0. The normalized spacial score (nSPS) is 18.2. The summed E-state index contributed by atoms with van der Waals surface area (Å²) < 4.78 is 0. The van der Waals surface area contributed by atoms with E-state index >= 15 is 0 Å². The topological polar surface area (TPSA) is 80.9 Å². The van der Waals surface area contributed by atoms with E-state index in [4.69, 9.17) is 5.11 Å². The van der Waals surface area contributed by atoms with Crippen molar-refractivity contribution in [2.45, 2.75) is 57.8 Å². The summed E-state index contributed by atoms with van der Waals surface area (Å²) in [6.45, 7) is 3.71. The zero-order valence-electron chi connectivity index (χ0n) is 10.1. The first-order chi connectivity index (χ1) is 7.54. The average Bonchev–Trinajstić information content (AvgIpc) is 2.25. The fourth-order valence-corrected chi connectivity index (χ4v) is 1.50. The van der Waals surface area contributed by atoms with E-state index in [2.05, 4.69) is 0 Å². The first kappa shape index (κ1) is 15.6. The molecule has 4 nitrogen and oxygen atoms in total. The summed E-state index contributed by atoms with van der Waals surface area (Å²) in [5.41, 5.74) is 0.691. The van der Waals surface area contributed by atoms with Crippen LogP contribution < -0.4 is 0 Å². The van der Waals surface area contributed by atoms with E-state index in [1.807, 2.05) is 13.8 Å². The molecule has 0 aromatic heterocycles. The van der Waals surface area contributed by atoms with E-state index < -0.39 is 18.3 Å². The summed E-state index contributed by atoms with van der Waals surface area (Å²) in [7, 11) is 0. The quantitative estimate of drug-likeness (QED) is 0.462. The van der Waals surface area contributed by atoms with Crippen molar-refractivity contribution in [1.29, 1.82) is 0 Å². The van der Waals surface area contributed by atoms with Gasteiger partial charge in [0.2, 0.25) is 0 Å². The van der Waals surface area contributed by atoms with Crippen molar-refractivity contribution in [2.75, 3.05) is 6.61 Å². The van der Waals surface area contributed by atoms with Crippen molar-refractivity contribution in [1.82, 2.24) is 0 Å². The Hall–Kier alpha value is -0.420. The predicted molar refractivity (Wildman–Crippen MR) is 63.0 cm³/mol. The van der Waals surface area contributed by atoms with Gasteiger partial charge >= 0.3 is 0 Å². The molecule has 0 rings (SSSR count). The lowest BCUT2D eigenvalue weighted by molar-refractivity contribution is 0.00737. The molecule has 4 heteroatoms. The van der Waals surface area contributed by atoms with Gasteiger partial charge in [-0.05, 0) is 18.4 Å². The van der Waals surface area contributed by atoms with Gasteiger partial charge in [-0.2, -0.15) is 0 Å². The van der Waals surface area contributed by atoms with Gasteiger partial charge in [-0.3, -0.25) is 0 Å². The van der Waals surface area contributed by atoms with Crippen LogP contribution in [0.3, 0.4) is 0 Å². The SMILES string of the molecule is CCCC(O)CC(O)C(O)C=C(CC)CO. The van der Waals surface area contributed by atoms with Gasteiger partial charge in [0.15, 0.2) is 0 Å². The number of aliphatic hydroxyl groups is 4. The highest BCUT2D eigenvalue weighted by Gasteiger charge is 2.18. The molecule has 3 atom stereocenters. The molecule has 4 N–H and O–H groups in total. The van der Waals surface area contributed by atoms with Crippen molar-refractivity contribution in [3.63, 3.8) is 0 Å². The lowest BCUT2D eigenvalue weighted by Gasteiger charge is -2.19. The van der Waals surface area contributed by atoms with Gasteiger partial charge in [-0.1, -0.05) is 26.3 Å². The molecular weight excluding hydrogens is 208 g/mol. The largest absolute Gasteiger partial charge is 0.393 e. The van der Waals surface area contributed by atoms with Gasteiger partial charge in [0.1, 0.15) is 0 Å². The fourth-order valence-electron chi connectivity index (χ4n) is 1.50. The number of hydrogen-bond donors (Lipinski definition) is 4. The Bertz CT molecular complexity index is 197.